The molecule has 2 aromatic carbocycles. The summed E-state index contributed by atoms with van der Waals surface area (Å²) in [7, 11) is 0. The summed E-state index contributed by atoms with van der Waals surface area (Å²) in [6.07, 6.45) is 0. The Morgan fingerprint density at radius 3 is 2.30 bits per heavy atom. The lowest BCUT2D eigenvalue weighted by molar-refractivity contribution is 0.0926. The number of halogens is 1. The summed E-state index contributed by atoms with van der Waals surface area (Å²) in [5.41, 5.74) is 3.37. The largest absolute Gasteiger partial charge is 0.268 e. The van der Waals surface area contributed by atoms with E-state index in [1.54, 1.807) is 24.3 Å². The Morgan fingerprint density at radius 2 is 1.60 bits per heavy atom. The molecule has 20 heavy (non-hydrogen) atoms. The summed E-state index contributed by atoms with van der Waals surface area (Å²) in [5.74, 6) is -0.618. The number of fused-ring (bicyclic) bond motifs is 1. The third-order valence-corrected chi connectivity index (χ3v) is 3.68. The average Bonchev–Trinajstić information content (AvgIpc) is 2.63. The quantitative estimate of drug-likeness (QED) is 0.748. The molecule has 0 saturated carbocycles. The van der Waals surface area contributed by atoms with Crippen LogP contribution in [-0.2, 0) is 0 Å². The van der Waals surface area contributed by atoms with Gasteiger partial charge in [0, 0.05) is 5.02 Å². The van der Waals surface area contributed by atoms with Crippen molar-refractivity contribution in [3.05, 3.63) is 63.7 Å². The first kappa shape index (κ1) is 12.9. The lowest BCUT2D eigenvalue weighted by atomic mass is 10.1. The zero-order chi connectivity index (χ0) is 14.4. The second-order valence-electron chi connectivity index (χ2n) is 4.93. The minimum atomic E-state index is -0.320. The fourth-order valence-electron chi connectivity index (χ4n) is 2.49. The highest BCUT2D eigenvalue weighted by atomic mass is 35.5. The van der Waals surface area contributed by atoms with Gasteiger partial charge in [-0.05, 0) is 43.7 Å². The van der Waals surface area contributed by atoms with E-state index in [0.717, 1.165) is 11.1 Å². The zero-order valence-corrected chi connectivity index (χ0v) is 11.9. The number of anilines is 1. The van der Waals surface area contributed by atoms with Crippen LogP contribution in [-0.4, -0.2) is 11.8 Å². The summed E-state index contributed by atoms with van der Waals surface area (Å²) in [6, 6.07) is 10.4. The fourth-order valence-corrected chi connectivity index (χ4v) is 2.66. The summed E-state index contributed by atoms with van der Waals surface area (Å²) in [5, 5.41) is 0.451. The Morgan fingerprint density at radius 1 is 0.900 bits per heavy atom. The van der Waals surface area contributed by atoms with Crippen LogP contribution in [0, 0.1) is 13.8 Å². The number of hydrogen-bond donors (Lipinski definition) is 0. The van der Waals surface area contributed by atoms with Gasteiger partial charge in [-0.25, -0.2) is 4.90 Å². The maximum absolute atomic E-state index is 12.4. The SMILES string of the molecule is Cc1ccc(N2C(=O)c3ccc(Cl)cc3C2=O)c(C)c1. The molecular weight excluding hydrogens is 274 g/mol. The smallest absolute Gasteiger partial charge is 0.266 e. The molecule has 0 saturated heterocycles. The van der Waals surface area contributed by atoms with E-state index in [2.05, 4.69) is 0 Å². The molecule has 0 fully saturated rings. The van der Waals surface area contributed by atoms with Crippen LogP contribution in [0.3, 0.4) is 0 Å². The van der Waals surface area contributed by atoms with Crippen molar-refractivity contribution in [2.24, 2.45) is 0 Å². The minimum absolute atomic E-state index is 0.298. The van der Waals surface area contributed by atoms with Gasteiger partial charge >= 0.3 is 0 Å². The molecule has 4 heteroatoms. The van der Waals surface area contributed by atoms with Gasteiger partial charge in [0.15, 0.2) is 0 Å². The van der Waals surface area contributed by atoms with Gasteiger partial charge in [0.05, 0.1) is 16.8 Å². The number of rotatable bonds is 1. The number of carbonyl (C=O) groups is 2. The number of imide groups is 1. The molecule has 1 aliphatic heterocycles. The second kappa shape index (κ2) is 4.46. The first-order chi connectivity index (χ1) is 9.49. The molecule has 1 heterocycles. The fraction of sp³-hybridized carbons (Fsp3) is 0.125. The summed E-state index contributed by atoms with van der Waals surface area (Å²) >= 11 is 5.90. The van der Waals surface area contributed by atoms with Crippen molar-refractivity contribution in [1.82, 2.24) is 0 Å². The van der Waals surface area contributed by atoms with E-state index in [1.165, 1.54) is 4.90 Å². The van der Waals surface area contributed by atoms with Crippen LogP contribution in [0.25, 0.3) is 0 Å². The van der Waals surface area contributed by atoms with Crippen molar-refractivity contribution in [3.8, 4) is 0 Å². The minimum Gasteiger partial charge on any atom is -0.268 e. The van der Waals surface area contributed by atoms with Crippen molar-refractivity contribution in [2.75, 3.05) is 4.90 Å². The highest BCUT2D eigenvalue weighted by molar-refractivity contribution is 6.36. The topological polar surface area (TPSA) is 37.4 Å². The number of aryl methyl sites for hydroxylation is 2. The van der Waals surface area contributed by atoms with E-state index in [1.807, 2.05) is 26.0 Å². The molecule has 0 aromatic heterocycles. The zero-order valence-electron chi connectivity index (χ0n) is 11.1. The van der Waals surface area contributed by atoms with Gasteiger partial charge in [-0.15, -0.1) is 0 Å². The highest BCUT2D eigenvalue weighted by Crippen LogP contribution is 2.32. The molecule has 3 rings (SSSR count). The molecule has 0 radical (unpaired) electrons. The van der Waals surface area contributed by atoms with Crippen molar-refractivity contribution >= 4 is 29.1 Å². The summed E-state index contributed by atoms with van der Waals surface area (Å²) < 4.78 is 0. The van der Waals surface area contributed by atoms with Crippen molar-refractivity contribution in [2.45, 2.75) is 13.8 Å². The van der Waals surface area contributed by atoms with Crippen LogP contribution in [0.4, 0.5) is 5.69 Å². The Kier molecular flexibility index (Phi) is 2.87. The van der Waals surface area contributed by atoms with E-state index >= 15 is 0 Å². The third-order valence-electron chi connectivity index (χ3n) is 3.44. The Bertz CT molecular complexity index is 752. The molecule has 3 nitrogen and oxygen atoms in total. The van der Waals surface area contributed by atoms with Crippen LogP contribution in [0.2, 0.25) is 5.02 Å². The number of hydrogen-bond acceptors (Lipinski definition) is 2. The lowest BCUT2D eigenvalue weighted by Gasteiger charge is -2.16. The van der Waals surface area contributed by atoms with Crippen LogP contribution in [0.1, 0.15) is 31.8 Å². The Balaban J connectivity index is 2.14. The van der Waals surface area contributed by atoms with Crippen molar-refractivity contribution < 1.29 is 9.59 Å². The summed E-state index contributed by atoms with van der Waals surface area (Å²) in [4.78, 5) is 26.1. The molecule has 2 amide bonds. The first-order valence-electron chi connectivity index (χ1n) is 6.24. The van der Waals surface area contributed by atoms with Gasteiger partial charge < -0.3 is 0 Å². The van der Waals surface area contributed by atoms with Gasteiger partial charge in [0.1, 0.15) is 0 Å². The van der Waals surface area contributed by atoms with Crippen molar-refractivity contribution in [3.63, 3.8) is 0 Å². The summed E-state index contributed by atoms with van der Waals surface area (Å²) in [6.45, 7) is 3.86. The normalized spacial score (nSPS) is 13.8. The predicted octanol–water partition coefficient (Wildman–Crippen LogP) is 3.76. The molecule has 0 atom stereocenters. The Labute approximate surface area is 121 Å². The first-order valence-corrected chi connectivity index (χ1v) is 6.62. The van der Waals surface area contributed by atoms with Gasteiger partial charge in [0.2, 0.25) is 0 Å². The van der Waals surface area contributed by atoms with Crippen LogP contribution >= 0.6 is 11.6 Å². The van der Waals surface area contributed by atoms with E-state index in [9.17, 15) is 9.59 Å². The van der Waals surface area contributed by atoms with Gasteiger partial charge in [-0.3, -0.25) is 9.59 Å². The molecule has 0 aliphatic carbocycles. The number of benzene rings is 2. The molecule has 0 bridgehead atoms. The second-order valence-corrected chi connectivity index (χ2v) is 5.36. The van der Waals surface area contributed by atoms with Crippen LogP contribution in [0.15, 0.2) is 36.4 Å². The van der Waals surface area contributed by atoms with Gasteiger partial charge in [-0.2, -0.15) is 0 Å². The molecule has 2 aromatic rings. The van der Waals surface area contributed by atoms with Gasteiger partial charge in [-0.1, -0.05) is 29.3 Å². The molecule has 1 aliphatic rings. The predicted molar refractivity (Wildman–Crippen MR) is 78.5 cm³/mol. The maximum Gasteiger partial charge on any atom is 0.266 e. The number of amides is 2. The van der Waals surface area contributed by atoms with E-state index in [4.69, 9.17) is 11.6 Å². The van der Waals surface area contributed by atoms with Crippen LogP contribution in [0.5, 0.6) is 0 Å². The van der Waals surface area contributed by atoms with E-state index in [0.29, 0.717) is 21.8 Å². The Hall–Kier alpha value is -2.13. The van der Waals surface area contributed by atoms with Crippen molar-refractivity contribution in [1.29, 1.82) is 0 Å². The number of carbonyl (C=O) groups excluding carboxylic acids is 2. The van der Waals surface area contributed by atoms with E-state index in [-0.39, 0.29) is 11.8 Å². The monoisotopic (exact) mass is 285 g/mol. The maximum atomic E-state index is 12.4. The van der Waals surface area contributed by atoms with E-state index < -0.39 is 0 Å². The number of nitrogens with zero attached hydrogens (tertiary/aromatic N) is 1. The molecule has 100 valence electrons. The third kappa shape index (κ3) is 1.82. The van der Waals surface area contributed by atoms with Gasteiger partial charge in [0.25, 0.3) is 11.8 Å². The molecular formula is C16H12ClNO2. The molecule has 0 unspecified atom stereocenters. The molecule has 0 spiro atoms. The standard InChI is InChI=1S/C16H12ClNO2/c1-9-3-6-14(10(2)7-9)18-15(19)12-5-4-11(17)8-13(12)16(18)20/h3-8H,1-2H3. The average molecular weight is 286 g/mol. The highest BCUT2D eigenvalue weighted by Gasteiger charge is 2.37. The van der Waals surface area contributed by atoms with Crippen LogP contribution < -0.4 is 4.90 Å². The lowest BCUT2D eigenvalue weighted by Crippen LogP contribution is -2.30. The molecule has 0 N–H and O–H groups in total.